The zero-order chi connectivity index (χ0) is 20.5. The summed E-state index contributed by atoms with van der Waals surface area (Å²) < 4.78 is 5.36. The van der Waals surface area contributed by atoms with Crippen LogP contribution in [0.1, 0.15) is 95.4 Å². The maximum atomic E-state index is 11.4. The molecule has 0 unspecified atom stereocenters. The second-order valence-electron chi connectivity index (χ2n) is 8.44. The summed E-state index contributed by atoms with van der Waals surface area (Å²) in [5.74, 6) is -0.142. The summed E-state index contributed by atoms with van der Waals surface area (Å²) in [5.41, 5.74) is 1.21. The largest absolute Gasteiger partial charge is 0.480 e. The summed E-state index contributed by atoms with van der Waals surface area (Å²) in [6.45, 7) is 2.26. The number of carbonyl (C=O) groups is 1. The maximum absolute atomic E-state index is 11.4. The molecule has 1 fully saturated rings. The second kappa shape index (κ2) is 10.6. The molecule has 1 saturated carbocycles. The fourth-order valence-corrected chi connectivity index (χ4v) is 3.87. The van der Waals surface area contributed by atoms with Crippen molar-refractivity contribution in [3.05, 3.63) is 35.7 Å². The standard InChI is InChI=1S/C24H34N2O3/c1-2-3-4-5-6-7-8-9-10-11-13-19-14-12-15-20(18-19)21-25-22(26-29-21)24(16-17-24)23(27)28/h12,14-15,18H,2-11,13,16-17H2,1H3,(H,27,28). The van der Waals surface area contributed by atoms with Gasteiger partial charge in [-0.1, -0.05) is 82.0 Å². The molecule has 3 rings (SSSR count). The predicted molar refractivity (Wildman–Crippen MR) is 114 cm³/mol. The lowest BCUT2D eigenvalue weighted by Crippen LogP contribution is -2.20. The van der Waals surface area contributed by atoms with Crippen LogP contribution >= 0.6 is 0 Å². The number of nitrogens with zero attached hydrogens (tertiary/aromatic N) is 2. The lowest BCUT2D eigenvalue weighted by atomic mass is 10.0. The van der Waals surface area contributed by atoms with E-state index in [1.807, 2.05) is 12.1 Å². The molecule has 0 atom stereocenters. The zero-order valence-corrected chi connectivity index (χ0v) is 17.7. The smallest absolute Gasteiger partial charge is 0.317 e. The molecule has 158 valence electrons. The minimum Gasteiger partial charge on any atom is -0.480 e. The van der Waals surface area contributed by atoms with Gasteiger partial charge in [0.15, 0.2) is 5.82 Å². The minimum atomic E-state index is -0.921. The first-order valence-corrected chi connectivity index (χ1v) is 11.3. The van der Waals surface area contributed by atoms with Crippen molar-refractivity contribution in [1.82, 2.24) is 10.1 Å². The van der Waals surface area contributed by atoms with Gasteiger partial charge in [0.05, 0.1) is 0 Å². The molecule has 0 spiro atoms. The van der Waals surface area contributed by atoms with Gasteiger partial charge in [-0.25, -0.2) is 0 Å². The molecule has 1 aliphatic rings. The van der Waals surface area contributed by atoms with E-state index >= 15 is 0 Å². The third-order valence-electron chi connectivity index (χ3n) is 6.01. The van der Waals surface area contributed by atoms with Crippen LogP contribution in [0.4, 0.5) is 0 Å². The molecule has 1 aromatic carbocycles. The summed E-state index contributed by atoms with van der Waals surface area (Å²) in [6, 6.07) is 8.17. The highest BCUT2D eigenvalue weighted by Gasteiger charge is 2.55. The van der Waals surface area contributed by atoms with E-state index in [-0.39, 0.29) is 0 Å². The van der Waals surface area contributed by atoms with Crippen LogP contribution in [0.15, 0.2) is 28.8 Å². The number of unbranched alkanes of at least 4 members (excludes halogenated alkanes) is 9. The van der Waals surface area contributed by atoms with Crippen molar-refractivity contribution >= 4 is 5.97 Å². The van der Waals surface area contributed by atoms with E-state index in [0.717, 1.165) is 12.0 Å². The fraction of sp³-hybridized carbons (Fsp3) is 0.625. The number of aliphatic carboxylic acids is 1. The Morgan fingerprint density at radius 1 is 1.03 bits per heavy atom. The monoisotopic (exact) mass is 398 g/mol. The van der Waals surface area contributed by atoms with Crippen LogP contribution < -0.4 is 0 Å². The lowest BCUT2D eigenvalue weighted by molar-refractivity contribution is -0.140. The molecular weight excluding hydrogens is 364 g/mol. The molecular formula is C24H34N2O3. The Hall–Kier alpha value is -2.17. The molecule has 0 amide bonds. The Kier molecular flexibility index (Phi) is 7.84. The number of aryl methyl sites for hydroxylation is 1. The molecule has 1 aromatic heterocycles. The zero-order valence-electron chi connectivity index (χ0n) is 17.7. The van der Waals surface area contributed by atoms with Crippen molar-refractivity contribution in [3.8, 4) is 11.5 Å². The summed E-state index contributed by atoms with van der Waals surface area (Å²) >= 11 is 0. The van der Waals surface area contributed by atoms with Gasteiger partial charge in [-0.2, -0.15) is 4.98 Å². The van der Waals surface area contributed by atoms with Crippen LogP contribution in [0.2, 0.25) is 0 Å². The van der Waals surface area contributed by atoms with Crippen molar-refractivity contribution in [2.24, 2.45) is 0 Å². The first-order valence-electron chi connectivity index (χ1n) is 11.3. The van der Waals surface area contributed by atoms with Crippen LogP contribution in [0.5, 0.6) is 0 Å². The molecule has 0 bridgehead atoms. The van der Waals surface area contributed by atoms with Gasteiger partial charge in [0.25, 0.3) is 5.89 Å². The second-order valence-corrected chi connectivity index (χ2v) is 8.44. The Bertz CT molecular complexity index is 780. The van der Waals surface area contributed by atoms with Gasteiger partial charge in [0.1, 0.15) is 5.41 Å². The first-order chi connectivity index (χ1) is 14.2. The fourth-order valence-electron chi connectivity index (χ4n) is 3.87. The van der Waals surface area contributed by atoms with E-state index in [9.17, 15) is 9.90 Å². The average Bonchev–Trinajstić information content (AvgIpc) is 3.40. The molecule has 1 N–H and O–H groups in total. The van der Waals surface area contributed by atoms with Gasteiger partial charge < -0.3 is 9.63 Å². The first kappa shape index (κ1) is 21.5. The van der Waals surface area contributed by atoms with E-state index < -0.39 is 11.4 Å². The Morgan fingerprint density at radius 3 is 2.31 bits per heavy atom. The van der Waals surface area contributed by atoms with Gasteiger partial charge in [-0.15, -0.1) is 0 Å². The van der Waals surface area contributed by atoms with E-state index in [4.69, 9.17) is 4.52 Å². The summed E-state index contributed by atoms with van der Waals surface area (Å²) in [6.07, 6.45) is 15.6. The molecule has 5 heteroatoms. The number of rotatable bonds is 14. The number of hydrogen-bond acceptors (Lipinski definition) is 4. The molecule has 1 heterocycles. The van der Waals surface area contributed by atoms with Crippen LogP contribution in [0.25, 0.3) is 11.5 Å². The molecule has 29 heavy (non-hydrogen) atoms. The number of hydrogen-bond donors (Lipinski definition) is 1. The Balaban J connectivity index is 1.40. The van der Waals surface area contributed by atoms with Crippen molar-refractivity contribution in [1.29, 1.82) is 0 Å². The highest BCUT2D eigenvalue weighted by molar-refractivity contribution is 5.83. The average molecular weight is 399 g/mol. The molecule has 2 aromatic rings. The van der Waals surface area contributed by atoms with Crippen molar-refractivity contribution in [2.75, 3.05) is 0 Å². The topological polar surface area (TPSA) is 76.2 Å². The molecule has 5 nitrogen and oxygen atoms in total. The van der Waals surface area contributed by atoms with E-state index in [2.05, 4.69) is 29.2 Å². The predicted octanol–water partition coefficient (Wildman–Crippen LogP) is 6.32. The van der Waals surface area contributed by atoms with E-state index in [1.54, 1.807) is 0 Å². The summed E-state index contributed by atoms with van der Waals surface area (Å²) in [4.78, 5) is 15.8. The highest BCUT2D eigenvalue weighted by atomic mass is 16.5. The van der Waals surface area contributed by atoms with Crippen molar-refractivity contribution in [2.45, 2.75) is 95.8 Å². The Labute approximate surface area is 173 Å². The van der Waals surface area contributed by atoms with Gasteiger partial charge in [0, 0.05) is 5.56 Å². The van der Waals surface area contributed by atoms with Crippen molar-refractivity contribution in [3.63, 3.8) is 0 Å². The van der Waals surface area contributed by atoms with Gasteiger partial charge >= 0.3 is 5.97 Å². The SMILES string of the molecule is CCCCCCCCCCCCc1cccc(-c2nc(C3(C(=O)O)CC3)no2)c1. The van der Waals surface area contributed by atoms with E-state index in [1.165, 1.54) is 69.8 Å². The van der Waals surface area contributed by atoms with E-state index in [0.29, 0.717) is 24.6 Å². The van der Waals surface area contributed by atoms with Gasteiger partial charge in [-0.3, -0.25) is 4.79 Å². The number of carboxylic acids is 1. The summed E-state index contributed by atoms with van der Waals surface area (Å²) in [7, 11) is 0. The number of aromatic nitrogens is 2. The normalized spacial score (nSPS) is 14.8. The van der Waals surface area contributed by atoms with Crippen LogP contribution in [-0.4, -0.2) is 21.2 Å². The maximum Gasteiger partial charge on any atom is 0.317 e. The molecule has 0 saturated heterocycles. The highest BCUT2D eigenvalue weighted by Crippen LogP contribution is 2.47. The number of carboxylic acid groups (broad SMARTS) is 1. The van der Waals surface area contributed by atoms with Gasteiger partial charge in [-0.05, 0) is 43.4 Å². The number of benzene rings is 1. The van der Waals surface area contributed by atoms with Gasteiger partial charge in [0.2, 0.25) is 0 Å². The minimum absolute atomic E-state index is 0.306. The summed E-state index contributed by atoms with van der Waals surface area (Å²) in [5, 5.41) is 13.3. The van der Waals surface area contributed by atoms with Crippen LogP contribution in [0, 0.1) is 0 Å². The lowest BCUT2D eigenvalue weighted by Gasteiger charge is -2.04. The molecule has 1 aliphatic carbocycles. The third-order valence-corrected chi connectivity index (χ3v) is 6.01. The quantitative estimate of drug-likeness (QED) is 0.377. The molecule has 0 radical (unpaired) electrons. The van der Waals surface area contributed by atoms with Crippen molar-refractivity contribution < 1.29 is 14.4 Å². The molecule has 0 aliphatic heterocycles. The Morgan fingerprint density at radius 2 is 1.69 bits per heavy atom. The third kappa shape index (κ3) is 5.91. The van der Waals surface area contributed by atoms with Crippen LogP contribution in [-0.2, 0) is 16.6 Å². The van der Waals surface area contributed by atoms with Crippen LogP contribution in [0.3, 0.4) is 0 Å².